The summed E-state index contributed by atoms with van der Waals surface area (Å²) in [7, 11) is 0. The highest BCUT2D eigenvalue weighted by Crippen LogP contribution is 2.25. The number of benzene rings is 1. The minimum Gasteiger partial charge on any atom is -0.285 e. The lowest BCUT2D eigenvalue weighted by atomic mass is 9.93. The summed E-state index contributed by atoms with van der Waals surface area (Å²) in [6, 6.07) is 10.7. The lowest BCUT2D eigenvalue weighted by molar-refractivity contribution is 0.191. The van der Waals surface area contributed by atoms with Crippen molar-refractivity contribution in [3.05, 3.63) is 34.3 Å². The minimum atomic E-state index is -0.364. The summed E-state index contributed by atoms with van der Waals surface area (Å²) in [6.45, 7) is 4.16. The van der Waals surface area contributed by atoms with Crippen LogP contribution in [-0.4, -0.2) is 23.5 Å². The second-order valence-corrected chi connectivity index (χ2v) is 5.80. The molecule has 1 atom stereocenters. The van der Waals surface area contributed by atoms with E-state index in [1.165, 1.54) is 18.4 Å². The Morgan fingerprint density at radius 3 is 2.71 bits per heavy atom. The zero-order chi connectivity index (χ0) is 12.3. The molecule has 3 heteroatoms. The second-order valence-electron chi connectivity index (χ2n) is 4.89. The van der Waals surface area contributed by atoms with Crippen molar-refractivity contribution in [3.63, 3.8) is 0 Å². The smallest absolute Gasteiger partial charge is 0.110 e. The normalized spacial score (nSPS) is 19.8. The Kier molecular flexibility index (Phi) is 3.86. The topological polar surface area (TPSA) is 27.0 Å². The zero-order valence-electron chi connectivity index (χ0n) is 10.1. The Morgan fingerprint density at radius 1 is 1.41 bits per heavy atom. The van der Waals surface area contributed by atoms with Gasteiger partial charge in [0, 0.05) is 10.9 Å². The van der Waals surface area contributed by atoms with E-state index in [1.807, 2.05) is 12.1 Å². The van der Waals surface area contributed by atoms with Gasteiger partial charge in [-0.05, 0) is 50.6 Å². The summed E-state index contributed by atoms with van der Waals surface area (Å²) < 4.78 is 1.08. The third kappa shape index (κ3) is 2.88. The first-order valence-corrected chi connectivity index (χ1v) is 6.84. The third-order valence-electron chi connectivity index (χ3n) is 3.48. The molecule has 0 spiro atoms. The van der Waals surface area contributed by atoms with Gasteiger partial charge in [0.25, 0.3) is 0 Å². The molecule has 0 aromatic heterocycles. The van der Waals surface area contributed by atoms with E-state index in [1.54, 1.807) is 0 Å². The van der Waals surface area contributed by atoms with Gasteiger partial charge in [-0.25, -0.2) is 0 Å². The van der Waals surface area contributed by atoms with Gasteiger partial charge in [0.1, 0.15) is 5.54 Å². The summed E-state index contributed by atoms with van der Waals surface area (Å²) in [6.07, 6.45) is 3.23. The Balaban J connectivity index is 2.17. The molecule has 0 aliphatic carbocycles. The summed E-state index contributed by atoms with van der Waals surface area (Å²) in [5, 5.41) is 9.47. The van der Waals surface area contributed by atoms with Crippen LogP contribution in [0.2, 0.25) is 0 Å². The maximum Gasteiger partial charge on any atom is 0.110 e. The molecule has 0 amide bonds. The molecule has 2 rings (SSSR count). The molecule has 1 aromatic rings. The molecule has 1 saturated heterocycles. The summed E-state index contributed by atoms with van der Waals surface area (Å²) in [4.78, 5) is 2.31. The Morgan fingerprint density at radius 2 is 2.12 bits per heavy atom. The first-order chi connectivity index (χ1) is 8.14. The van der Waals surface area contributed by atoms with Gasteiger partial charge in [-0.2, -0.15) is 5.26 Å². The molecule has 1 aliphatic heterocycles. The van der Waals surface area contributed by atoms with E-state index in [9.17, 15) is 5.26 Å². The van der Waals surface area contributed by atoms with Gasteiger partial charge in [0.15, 0.2) is 0 Å². The SMILES string of the molecule is CC(C#N)(Cc1cccc(Br)c1)N1CCCC1. The molecule has 1 fully saturated rings. The molecule has 90 valence electrons. The summed E-state index contributed by atoms with van der Waals surface area (Å²) in [5.41, 5.74) is 0.854. The first kappa shape index (κ1) is 12.6. The quantitative estimate of drug-likeness (QED) is 0.854. The van der Waals surface area contributed by atoms with Crippen LogP contribution in [0.25, 0.3) is 0 Å². The number of rotatable bonds is 3. The van der Waals surface area contributed by atoms with Gasteiger partial charge in [-0.3, -0.25) is 4.90 Å². The molecule has 0 bridgehead atoms. The van der Waals surface area contributed by atoms with Gasteiger partial charge in [-0.15, -0.1) is 0 Å². The summed E-state index contributed by atoms with van der Waals surface area (Å²) >= 11 is 3.48. The van der Waals surface area contributed by atoms with E-state index in [2.05, 4.69) is 46.0 Å². The largest absolute Gasteiger partial charge is 0.285 e. The summed E-state index contributed by atoms with van der Waals surface area (Å²) in [5.74, 6) is 0. The van der Waals surface area contributed by atoms with E-state index in [-0.39, 0.29) is 5.54 Å². The van der Waals surface area contributed by atoms with Crippen LogP contribution in [0.5, 0.6) is 0 Å². The van der Waals surface area contributed by atoms with Crippen molar-refractivity contribution < 1.29 is 0 Å². The second kappa shape index (κ2) is 5.20. The third-order valence-corrected chi connectivity index (χ3v) is 3.98. The molecule has 2 nitrogen and oxygen atoms in total. The van der Waals surface area contributed by atoms with Gasteiger partial charge >= 0.3 is 0 Å². The van der Waals surface area contributed by atoms with Crippen LogP contribution >= 0.6 is 15.9 Å². The zero-order valence-corrected chi connectivity index (χ0v) is 11.7. The monoisotopic (exact) mass is 292 g/mol. The van der Waals surface area contributed by atoms with E-state index in [0.717, 1.165) is 24.0 Å². The molecule has 1 unspecified atom stereocenters. The van der Waals surface area contributed by atoms with Gasteiger partial charge in [0.2, 0.25) is 0 Å². The number of hydrogen-bond acceptors (Lipinski definition) is 2. The number of nitrogens with zero attached hydrogens (tertiary/aromatic N) is 2. The fraction of sp³-hybridized carbons (Fsp3) is 0.500. The van der Waals surface area contributed by atoms with E-state index in [0.29, 0.717) is 0 Å². The van der Waals surface area contributed by atoms with Crippen molar-refractivity contribution in [2.75, 3.05) is 13.1 Å². The average molecular weight is 293 g/mol. The van der Waals surface area contributed by atoms with Crippen LogP contribution < -0.4 is 0 Å². The highest BCUT2D eigenvalue weighted by molar-refractivity contribution is 9.10. The Labute approximate surface area is 111 Å². The molecule has 0 saturated carbocycles. The molecule has 0 N–H and O–H groups in total. The Hall–Kier alpha value is -0.850. The molecular weight excluding hydrogens is 276 g/mol. The van der Waals surface area contributed by atoms with Crippen molar-refractivity contribution in [2.45, 2.75) is 31.7 Å². The Bertz CT molecular complexity index is 432. The van der Waals surface area contributed by atoms with Crippen molar-refractivity contribution in [1.82, 2.24) is 4.90 Å². The van der Waals surface area contributed by atoms with Crippen LogP contribution in [0, 0.1) is 11.3 Å². The lowest BCUT2D eigenvalue weighted by Crippen LogP contribution is -2.45. The van der Waals surface area contributed by atoms with E-state index < -0.39 is 0 Å². The molecule has 17 heavy (non-hydrogen) atoms. The average Bonchev–Trinajstić information content (AvgIpc) is 2.83. The van der Waals surface area contributed by atoms with Gasteiger partial charge in [-0.1, -0.05) is 28.1 Å². The van der Waals surface area contributed by atoms with Crippen molar-refractivity contribution >= 4 is 15.9 Å². The predicted octanol–water partition coefficient (Wildman–Crippen LogP) is 3.37. The molecule has 1 aromatic carbocycles. The van der Waals surface area contributed by atoms with Crippen molar-refractivity contribution in [2.24, 2.45) is 0 Å². The van der Waals surface area contributed by atoms with Crippen molar-refractivity contribution in [1.29, 1.82) is 5.26 Å². The standard InChI is InChI=1S/C14H17BrN2/c1-14(11-16,17-7-2-3-8-17)10-12-5-4-6-13(15)9-12/h4-6,9H,2-3,7-8,10H2,1H3. The first-order valence-electron chi connectivity index (χ1n) is 6.05. The number of hydrogen-bond donors (Lipinski definition) is 0. The number of nitriles is 1. The molecule has 1 heterocycles. The van der Waals surface area contributed by atoms with Crippen LogP contribution in [0.4, 0.5) is 0 Å². The number of likely N-dealkylation sites (tertiary alicyclic amines) is 1. The van der Waals surface area contributed by atoms with Crippen molar-refractivity contribution in [3.8, 4) is 6.07 Å². The maximum atomic E-state index is 9.47. The molecule has 1 aliphatic rings. The van der Waals surface area contributed by atoms with Gasteiger partial charge in [0.05, 0.1) is 6.07 Å². The van der Waals surface area contributed by atoms with Gasteiger partial charge < -0.3 is 0 Å². The predicted molar refractivity (Wildman–Crippen MR) is 72.7 cm³/mol. The lowest BCUT2D eigenvalue weighted by Gasteiger charge is -2.32. The maximum absolute atomic E-state index is 9.47. The van der Waals surface area contributed by atoms with Crippen LogP contribution in [0.3, 0.4) is 0 Å². The highest BCUT2D eigenvalue weighted by atomic mass is 79.9. The minimum absolute atomic E-state index is 0.364. The van der Waals surface area contributed by atoms with Crippen LogP contribution in [-0.2, 0) is 6.42 Å². The van der Waals surface area contributed by atoms with E-state index >= 15 is 0 Å². The molecular formula is C14H17BrN2. The van der Waals surface area contributed by atoms with Crippen LogP contribution in [0.15, 0.2) is 28.7 Å². The number of halogens is 1. The fourth-order valence-electron chi connectivity index (χ4n) is 2.48. The fourth-order valence-corrected chi connectivity index (χ4v) is 2.92. The molecule has 0 radical (unpaired) electrons. The highest BCUT2D eigenvalue weighted by Gasteiger charge is 2.33. The van der Waals surface area contributed by atoms with E-state index in [4.69, 9.17) is 0 Å². The van der Waals surface area contributed by atoms with Crippen LogP contribution in [0.1, 0.15) is 25.3 Å².